The van der Waals surface area contributed by atoms with Crippen molar-refractivity contribution < 1.29 is 17.6 Å². The molecule has 72 valence electrons. The van der Waals surface area contributed by atoms with E-state index in [1.165, 1.54) is 0 Å². The Hall–Kier alpha value is -0.230. The molecule has 6 heteroatoms. The molecule has 0 heterocycles. The van der Waals surface area contributed by atoms with Crippen molar-refractivity contribution in [1.82, 2.24) is 0 Å². The lowest BCUT2D eigenvalue weighted by molar-refractivity contribution is -0.140. The Morgan fingerprint density at radius 2 is 1.77 bits per heavy atom. The van der Waals surface area contributed by atoms with Crippen LogP contribution in [0.15, 0.2) is 21.5 Å². The van der Waals surface area contributed by atoms with Gasteiger partial charge < -0.3 is 0 Å². The fourth-order valence-electron chi connectivity index (χ4n) is 0.801. The molecule has 0 radical (unpaired) electrons. The quantitative estimate of drug-likeness (QED) is 0.539. The number of hydrogen-bond donors (Lipinski definition) is 1. The average Bonchev–Trinajstić information content (AvgIpc) is 1.95. The highest BCUT2D eigenvalue weighted by atomic mass is 79.9. The van der Waals surface area contributed by atoms with Gasteiger partial charge in [0, 0.05) is 9.37 Å². The molecule has 0 unspecified atom stereocenters. The molecule has 0 aliphatic heterocycles. The molecule has 0 aliphatic rings. The zero-order valence-electron chi connectivity index (χ0n) is 5.99. The normalized spacial score (nSPS) is 11.8. The van der Waals surface area contributed by atoms with Crippen LogP contribution in [0.4, 0.5) is 17.6 Å². The zero-order chi connectivity index (χ0) is 10.2. The van der Waals surface area contributed by atoms with Crippen LogP contribution >= 0.6 is 28.6 Å². The van der Waals surface area contributed by atoms with Crippen molar-refractivity contribution in [2.24, 2.45) is 0 Å². The summed E-state index contributed by atoms with van der Waals surface area (Å²) in [5.74, 6) is -1.31. The van der Waals surface area contributed by atoms with Crippen molar-refractivity contribution in [2.75, 3.05) is 0 Å². The van der Waals surface area contributed by atoms with Crippen LogP contribution in [0.25, 0.3) is 0 Å². The van der Waals surface area contributed by atoms with E-state index in [-0.39, 0.29) is 9.37 Å². The first kappa shape index (κ1) is 10.8. The SMILES string of the molecule is Fc1ccc(S)c(Br)c1C(F)(F)F. The first-order chi connectivity index (χ1) is 5.84. The van der Waals surface area contributed by atoms with Crippen LogP contribution in [0.2, 0.25) is 0 Å². The number of alkyl halides is 3. The number of hydrogen-bond acceptors (Lipinski definition) is 1. The second-order valence-corrected chi connectivity index (χ2v) is 3.53. The summed E-state index contributed by atoms with van der Waals surface area (Å²) in [6.45, 7) is 0. The molecule has 13 heavy (non-hydrogen) atoms. The third-order valence-corrected chi connectivity index (χ3v) is 2.86. The Morgan fingerprint density at radius 1 is 1.23 bits per heavy atom. The van der Waals surface area contributed by atoms with Gasteiger partial charge in [-0.2, -0.15) is 13.2 Å². The fourth-order valence-corrected chi connectivity index (χ4v) is 1.53. The molecule has 0 spiro atoms. The van der Waals surface area contributed by atoms with Crippen LogP contribution in [0.3, 0.4) is 0 Å². The highest BCUT2D eigenvalue weighted by Crippen LogP contribution is 2.39. The second-order valence-electron chi connectivity index (χ2n) is 2.25. The summed E-state index contributed by atoms with van der Waals surface area (Å²) >= 11 is 6.36. The maximum Gasteiger partial charge on any atom is 0.420 e. The van der Waals surface area contributed by atoms with Crippen molar-refractivity contribution in [1.29, 1.82) is 0 Å². The molecular formula is C7H3BrF4S. The average molecular weight is 275 g/mol. The lowest BCUT2D eigenvalue weighted by Crippen LogP contribution is -2.09. The molecule has 1 rings (SSSR count). The summed E-state index contributed by atoms with van der Waals surface area (Å²) in [5.41, 5.74) is -1.32. The van der Waals surface area contributed by atoms with Gasteiger partial charge >= 0.3 is 6.18 Å². The van der Waals surface area contributed by atoms with E-state index in [2.05, 4.69) is 28.6 Å². The molecule has 1 aromatic rings. The molecule has 0 nitrogen and oxygen atoms in total. The van der Waals surface area contributed by atoms with Crippen LogP contribution < -0.4 is 0 Å². The van der Waals surface area contributed by atoms with Crippen molar-refractivity contribution in [2.45, 2.75) is 11.1 Å². The van der Waals surface area contributed by atoms with E-state index in [1.54, 1.807) is 0 Å². The Morgan fingerprint density at radius 3 is 2.15 bits per heavy atom. The van der Waals surface area contributed by atoms with Gasteiger partial charge in [0.1, 0.15) is 11.4 Å². The Bertz CT molecular complexity index is 334. The van der Waals surface area contributed by atoms with Crippen molar-refractivity contribution in [3.8, 4) is 0 Å². The molecular weight excluding hydrogens is 272 g/mol. The van der Waals surface area contributed by atoms with Crippen molar-refractivity contribution in [3.63, 3.8) is 0 Å². The number of halogens is 5. The van der Waals surface area contributed by atoms with Crippen molar-refractivity contribution in [3.05, 3.63) is 28.0 Å². The van der Waals surface area contributed by atoms with Gasteiger partial charge in [-0.15, -0.1) is 12.6 Å². The summed E-state index contributed by atoms with van der Waals surface area (Å²) in [6, 6.07) is 1.88. The highest BCUT2D eigenvalue weighted by molar-refractivity contribution is 9.10. The van der Waals surface area contributed by atoms with Gasteiger partial charge in [-0.1, -0.05) is 0 Å². The Kier molecular flexibility index (Phi) is 2.91. The Balaban J connectivity index is 3.43. The molecule has 0 bridgehead atoms. The number of thiol groups is 1. The molecule has 0 fully saturated rings. The van der Waals surface area contributed by atoms with E-state index in [0.717, 1.165) is 12.1 Å². The van der Waals surface area contributed by atoms with E-state index in [1.807, 2.05) is 0 Å². The molecule has 0 aliphatic carbocycles. The van der Waals surface area contributed by atoms with E-state index in [9.17, 15) is 17.6 Å². The molecule has 0 aromatic heterocycles. The molecule has 1 aromatic carbocycles. The predicted octanol–water partition coefficient (Wildman–Crippen LogP) is 3.90. The van der Waals surface area contributed by atoms with Gasteiger partial charge in [0.05, 0.1) is 0 Å². The number of benzene rings is 1. The van der Waals surface area contributed by atoms with Crippen LogP contribution in [0, 0.1) is 5.82 Å². The van der Waals surface area contributed by atoms with Crippen LogP contribution in [0.5, 0.6) is 0 Å². The standard InChI is InChI=1S/C7H3BrF4S/c8-6-4(13)2-1-3(9)5(6)7(10,11)12/h1-2,13H. The summed E-state index contributed by atoms with van der Waals surface area (Å²) in [4.78, 5) is 0.0497. The predicted molar refractivity (Wildman–Crippen MR) is 46.4 cm³/mol. The molecule has 0 amide bonds. The summed E-state index contributed by atoms with van der Waals surface area (Å²) in [6.07, 6.45) is -4.71. The molecule has 0 saturated heterocycles. The fraction of sp³-hybridized carbons (Fsp3) is 0.143. The third kappa shape index (κ3) is 2.17. The zero-order valence-corrected chi connectivity index (χ0v) is 8.47. The van der Waals surface area contributed by atoms with Gasteiger partial charge in [-0.3, -0.25) is 0 Å². The first-order valence-electron chi connectivity index (χ1n) is 3.08. The third-order valence-electron chi connectivity index (χ3n) is 1.35. The van der Waals surface area contributed by atoms with Gasteiger partial charge in [0.2, 0.25) is 0 Å². The van der Waals surface area contributed by atoms with E-state index in [4.69, 9.17) is 0 Å². The monoisotopic (exact) mass is 274 g/mol. The smallest absolute Gasteiger partial charge is 0.206 e. The minimum Gasteiger partial charge on any atom is -0.206 e. The van der Waals surface area contributed by atoms with Gasteiger partial charge in [0.15, 0.2) is 0 Å². The van der Waals surface area contributed by atoms with E-state index >= 15 is 0 Å². The summed E-state index contributed by atoms with van der Waals surface area (Å²) in [5, 5.41) is 0. The van der Waals surface area contributed by atoms with E-state index in [0.29, 0.717) is 0 Å². The lowest BCUT2D eigenvalue weighted by Gasteiger charge is -2.11. The largest absolute Gasteiger partial charge is 0.420 e. The minimum absolute atomic E-state index is 0.0497. The van der Waals surface area contributed by atoms with E-state index < -0.39 is 17.6 Å². The van der Waals surface area contributed by atoms with Gasteiger partial charge in [0.25, 0.3) is 0 Å². The Labute approximate surface area is 85.5 Å². The maximum absolute atomic E-state index is 12.7. The van der Waals surface area contributed by atoms with Gasteiger partial charge in [-0.05, 0) is 28.1 Å². The second kappa shape index (κ2) is 3.49. The van der Waals surface area contributed by atoms with Gasteiger partial charge in [-0.25, -0.2) is 4.39 Å². The van der Waals surface area contributed by atoms with Crippen LogP contribution in [-0.2, 0) is 6.18 Å². The summed E-state index contributed by atoms with van der Waals surface area (Å²) < 4.78 is 48.9. The van der Waals surface area contributed by atoms with Crippen molar-refractivity contribution >= 4 is 28.6 Å². The topological polar surface area (TPSA) is 0 Å². The van der Waals surface area contributed by atoms with Crippen LogP contribution in [-0.4, -0.2) is 0 Å². The highest BCUT2D eigenvalue weighted by Gasteiger charge is 2.37. The maximum atomic E-state index is 12.7. The number of rotatable bonds is 0. The van der Waals surface area contributed by atoms with Crippen LogP contribution in [0.1, 0.15) is 5.56 Å². The molecule has 0 N–H and O–H groups in total. The molecule has 0 atom stereocenters. The molecule has 0 saturated carbocycles. The first-order valence-corrected chi connectivity index (χ1v) is 4.32. The lowest BCUT2D eigenvalue weighted by atomic mass is 10.2. The summed E-state index contributed by atoms with van der Waals surface area (Å²) in [7, 11) is 0. The minimum atomic E-state index is -4.71.